The van der Waals surface area contributed by atoms with Gasteiger partial charge >= 0.3 is 0 Å². The fourth-order valence-electron chi connectivity index (χ4n) is 7.91. The van der Waals surface area contributed by atoms with Crippen LogP contribution in [0.25, 0.3) is 10.9 Å². The molecule has 1 saturated heterocycles. The average molecular weight is 681 g/mol. The van der Waals surface area contributed by atoms with Gasteiger partial charge in [-0.05, 0) is 54.9 Å². The Morgan fingerprint density at radius 1 is 1.12 bits per heavy atom. The van der Waals surface area contributed by atoms with Crippen molar-refractivity contribution in [2.45, 2.75) is 69.6 Å². The lowest BCUT2D eigenvalue weighted by Crippen LogP contribution is -2.45. The number of aromatic nitrogens is 4. The Morgan fingerprint density at radius 3 is 2.67 bits per heavy atom. The fourth-order valence-corrected chi connectivity index (χ4v) is 10.5. The number of anilines is 2. The highest BCUT2D eigenvalue weighted by atomic mass is 28.4. The second-order valence-electron chi connectivity index (χ2n) is 13.7. The molecule has 10 nitrogen and oxygen atoms in total. The number of hydrogen-bond acceptors (Lipinski definition) is 6. The van der Waals surface area contributed by atoms with Crippen LogP contribution in [0.3, 0.4) is 0 Å². The van der Waals surface area contributed by atoms with Crippen molar-refractivity contribution in [1.29, 1.82) is 0 Å². The van der Waals surface area contributed by atoms with Gasteiger partial charge < -0.3 is 29.2 Å². The van der Waals surface area contributed by atoms with Crippen molar-refractivity contribution < 1.29 is 23.5 Å². The van der Waals surface area contributed by atoms with Crippen LogP contribution in [0.15, 0.2) is 85.2 Å². The van der Waals surface area contributed by atoms with Crippen molar-refractivity contribution in [1.82, 2.24) is 20.0 Å². The minimum Gasteiger partial charge on any atom is -0.396 e. The molecule has 1 fully saturated rings. The maximum Gasteiger partial charge on any atom is 0.264 e. The molecule has 3 aromatic carbocycles. The monoisotopic (exact) mass is 680 g/mol. The van der Waals surface area contributed by atoms with E-state index in [4.69, 9.17) is 4.74 Å². The van der Waals surface area contributed by atoms with Gasteiger partial charge in [0.15, 0.2) is 5.60 Å². The smallest absolute Gasteiger partial charge is 0.264 e. The van der Waals surface area contributed by atoms with E-state index in [2.05, 4.69) is 20.6 Å². The molecule has 0 bridgehead atoms. The molecular formula is C37H41FN6O4Si. The number of aryl methyl sites for hydroxylation is 1. The molecule has 2 aliphatic heterocycles. The summed E-state index contributed by atoms with van der Waals surface area (Å²) in [4.78, 5) is 33.1. The van der Waals surface area contributed by atoms with E-state index < -0.39 is 31.6 Å². The minimum atomic E-state index is -3.38. The summed E-state index contributed by atoms with van der Waals surface area (Å²) in [6, 6.07) is 23.1. The van der Waals surface area contributed by atoms with E-state index in [1.54, 1.807) is 28.9 Å². The summed E-state index contributed by atoms with van der Waals surface area (Å²) >= 11 is 0. The highest BCUT2D eigenvalue weighted by Crippen LogP contribution is 2.60. The summed E-state index contributed by atoms with van der Waals surface area (Å²) < 4.78 is 25.0. The van der Waals surface area contributed by atoms with Gasteiger partial charge in [-0.15, -0.1) is 5.10 Å². The molecule has 3 N–H and O–H groups in total. The number of aromatic amines is 1. The third-order valence-electron chi connectivity index (χ3n) is 10.1. The number of carbonyl (C=O) groups is 2. The molecular weight excluding hydrogens is 640 g/mol. The average Bonchev–Trinajstić information content (AvgIpc) is 3.83. The number of amides is 2. The van der Waals surface area contributed by atoms with Crippen LogP contribution < -0.4 is 10.2 Å². The lowest BCUT2D eigenvalue weighted by molar-refractivity contribution is -0.146. The van der Waals surface area contributed by atoms with E-state index >= 15 is 4.11 Å². The van der Waals surface area contributed by atoms with Crippen LogP contribution in [0.1, 0.15) is 35.7 Å². The number of nitrogens with zero attached hydrogens (tertiary/aromatic N) is 4. The number of rotatable bonds is 11. The first kappa shape index (κ1) is 32.9. The van der Waals surface area contributed by atoms with E-state index in [9.17, 15) is 14.7 Å². The molecule has 0 unspecified atom stereocenters. The topological polar surface area (TPSA) is 125 Å². The predicted octanol–water partition coefficient (Wildman–Crippen LogP) is 5.89. The summed E-state index contributed by atoms with van der Waals surface area (Å²) in [5.74, 6) is -0.891. The third kappa shape index (κ3) is 6.09. The van der Waals surface area contributed by atoms with Gasteiger partial charge in [-0.2, -0.15) is 0 Å². The number of fused-ring (bicyclic) bond motifs is 3. The Kier molecular flexibility index (Phi) is 8.72. The SMILES string of the molecule is C[C@H]1[C@H]([Si](C)(C)F)[C@@H](CCn2cc(CCO)nn2)O[C@]12C(=O)N(Cc1ccccc1)c1ccc(NC(=O)Cc3c[nH]c4ccccc34)cc12. The van der Waals surface area contributed by atoms with Crippen LogP contribution in [0.2, 0.25) is 18.6 Å². The molecule has 0 aliphatic carbocycles. The lowest BCUT2D eigenvalue weighted by atomic mass is 9.82. The lowest BCUT2D eigenvalue weighted by Gasteiger charge is -2.31. The van der Waals surface area contributed by atoms with Crippen molar-refractivity contribution in [3.05, 3.63) is 108 Å². The molecule has 2 aliphatic rings. The van der Waals surface area contributed by atoms with Gasteiger partial charge in [0.2, 0.25) is 14.3 Å². The third-order valence-corrected chi connectivity index (χ3v) is 12.5. The Bertz CT molecular complexity index is 1990. The van der Waals surface area contributed by atoms with Crippen molar-refractivity contribution in [2.24, 2.45) is 5.92 Å². The summed E-state index contributed by atoms with van der Waals surface area (Å²) in [5.41, 5.74) is 3.45. The largest absolute Gasteiger partial charge is 0.396 e. The molecule has 254 valence electrons. The highest BCUT2D eigenvalue weighted by Gasteiger charge is 2.66. The summed E-state index contributed by atoms with van der Waals surface area (Å²) in [7, 11) is -3.38. The fraction of sp³-hybridized carbons (Fsp3) is 0.351. The zero-order valence-corrected chi connectivity index (χ0v) is 28.9. The van der Waals surface area contributed by atoms with Crippen LogP contribution in [-0.4, -0.2) is 58.0 Å². The van der Waals surface area contributed by atoms with Gasteiger partial charge in [0.25, 0.3) is 5.91 Å². The molecule has 2 aromatic heterocycles. The Labute approximate surface area is 285 Å². The zero-order valence-electron chi connectivity index (χ0n) is 27.9. The number of hydrogen-bond donors (Lipinski definition) is 3. The van der Waals surface area contributed by atoms with Gasteiger partial charge in [0.1, 0.15) is 0 Å². The second kappa shape index (κ2) is 13.0. The van der Waals surface area contributed by atoms with Gasteiger partial charge in [0.05, 0.1) is 30.5 Å². The van der Waals surface area contributed by atoms with Gasteiger partial charge in [0, 0.05) is 65.6 Å². The maximum atomic E-state index is 16.4. The molecule has 4 atom stereocenters. The first-order chi connectivity index (χ1) is 23.6. The van der Waals surface area contributed by atoms with Crippen LogP contribution in [0.5, 0.6) is 0 Å². The van der Waals surface area contributed by atoms with Crippen LogP contribution >= 0.6 is 0 Å². The first-order valence-corrected chi connectivity index (χ1v) is 19.8. The number of para-hydroxylation sites is 1. The van der Waals surface area contributed by atoms with Crippen molar-refractivity contribution in [3.63, 3.8) is 0 Å². The van der Waals surface area contributed by atoms with Crippen molar-refractivity contribution in [2.75, 3.05) is 16.8 Å². The summed E-state index contributed by atoms with van der Waals surface area (Å²) in [6.45, 7) is 6.02. The Balaban J connectivity index is 1.22. The van der Waals surface area contributed by atoms with Gasteiger partial charge in [-0.25, -0.2) is 0 Å². The maximum absolute atomic E-state index is 16.4. The van der Waals surface area contributed by atoms with E-state index in [1.165, 1.54) is 0 Å². The molecule has 49 heavy (non-hydrogen) atoms. The standard InChI is InChI=1S/C37H41FN6O4Si/c1-24-35(49(2,3)38)33(15-17-43-23-28(16-18-45)41-42-43)48-37(24)30-20-27(40-34(46)19-26-21-39-31-12-8-7-11-29(26)31)13-14-32(30)44(36(37)47)22-25-9-5-4-6-10-25/h4-14,20-21,23-24,33,35,39,45H,15-19,22H2,1-3H3,(H,40,46)/t24-,33+,35-,37+/m0/s1. The van der Waals surface area contributed by atoms with Crippen LogP contribution in [0.4, 0.5) is 15.5 Å². The zero-order chi connectivity index (χ0) is 34.3. The molecule has 5 aromatic rings. The second-order valence-corrected chi connectivity index (χ2v) is 17.5. The number of H-pyrrole nitrogens is 1. The van der Waals surface area contributed by atoms with E-state index in [-0.39, 0.29) is 24.8 Å². The number of benzene rings is 3. The molecule has 4 heterocycles. The molecule has 2 amide bonds. The minimum absolute atomic E-state index is 0.0271. The summed E-state index contributed by atoms with van der Waals surface area (Å²) in [5, 5.41) is 21.6. The number of ether oxygens (including phenoxy) is 1. The molecule has 0 radical (unpaired) electrons. The number of aliphatic hydroxyl groups excluding tert-OH is 1. The number of nitrogens with one attached hydrogen (secondary N) is 2. The van der Waals surface area contributed by atoms with Crippen LogP contribution in [-0.2, 0) is 45.9 Å². The molecule has 7 rings (SSSR count). The number of carbonyl (C=O) groups excluding carboxylic acids is 2. The Morgan fingerprint density at radius 2 is 1.90 bits per heavy atom. The number of halogens is 1. The van der Waals surface area contributed by atoms with Gasteiger partial charge in [-0.3, -0.25) is 14.3 Å². The summed E-state index contributed by atoms with van der Waals surface area (Å²) in [6.07, 6.45) is 4.08. The molecule has 12 heteroatoms. The highest BCUT2D eigenvalue weighted by molar-refractivity contribution is 6.72. The Hall–Kier alpha value is -4.65. The van der Waals surface area contributed by atoms with Crippen LogP contribution in [0, 0.1) is 5.92 Å². The van der Waals surface area contributed by atoms with E-state index in [0.29, 0.717) is 48.6 Å². The van der Waals surface area contributed by atoms with Crippen molar-refractivity contribution in [3.8, 4) is 0 Å². The van der Waals surface area contributed by atoms with E-state index in [1.807, 2.05) is 85.9 Å². The van der Waals surface area contributed by atoms with E-state index in [0.717, 1.165) is 22.0 Å². The quantitative estimate of drug-likeness (QED) is 0.118. The normalized spacial score (nSPS) is 21.9. The molecule has 0 saturated carbocycles. The van der Waals surface area contributed by atoms with Gasteiger partial charge in [-0.1, -0.05) is 60.7 Å². The van der Waals surface area contributed by atoms with Crippen molar-refractivity contribution >= 4 is 42.5 Å². The number of aliphatic hydroxyl groups is 1. The first-order valence-electron chi connectivity index (χ1n) is 16.8. The molecule has 1 spiro atoms. The predicted molar refractivity (Wildman–Crippen MR) is 188 cm³/mol.